The normalized spacial score (nSPS) is 14.8. The summed E-state index contributed by atoms with van der Waals surface area (Å²) >= 11 is 11.5. The van der Waals surface area contributed by atoms with Gasteiger partial charge in [0.1, 0.15) is 11.4 Å². The standard InChI is InChI=1S/C22H21ClFN3O2S/c1-14-10-21(28)29-20-12-16(3-4-17(14)20)25-22(30)27-8-6-26(7-9-27)13-15-2-5-19(24)18(23)11-15/h2-5,10-12H,6-9,13H2,1H3,(H,25,30). The van der Waals surface area contributed by atoms with Gasteiger partial charge in [0, 0.05) is 55.9 Å². The third kappa shape index (κ3) is 4.64. The lowest BCUT2D eigenvalue weighted by molar-refractivity contribution is 0.177. The summed E-state index contributed by atoms with van der Waals surface area (Å²) in [6.07, 6.45) is 0. The van der Waals surface area contributed by atoms with Crippen LogP contribution >= 0.6 is 23.8 Å². The van der Waals surface area contributed by atoms with Crippen LogP contribution in [0.25, 0.3) is 11.0 Å². The van der Waals surface area contributed by atoms with Crippen LogP contribution < -0.4 is 10.9 Å². The molecule has 0 bridgehead atoms. The molecule has 0 amide bonds. The van der Waals surface area contributed by atoms with E-state index in [1.54, 1.807) is 18.2 Å². The molecular formula is C22H21ClFN3O2S. The van der Waals surface area contributed by atoms with E-state index in [-0.39, 0.29) is 10.6 Å². The van der Waals surface area contributed by atoms with Crippen LogP contribution in [-0.4, -0.2) is 41.1 Å². The number of nitrogens with zero attached hydrogens (tertiary/aromatic N) is 2. The van der Waals surface area contributed by atoms with Crippen molar-refractivity contribution in [1.82, 2.24) is 9.80 Å². The van der Waals surface area contributed by atoms with Gasteiger partial charge in [0.05, 0.1) is 5.02 Å². The van der Waals surface area contributed by atoms with Crippen LogP contribution in [0.2, 0.25) is 5.02 Å². The minimum atomic E-state index is -0.398. The van der Waals surface area contributed by atoms with Gasteiger partial charge in [-0.05, 0) is 54.5 Å². The number of hydrogen-bond acceptors (Lipinski definition) is 4. The fourth-order valence-corrected chi connectivity index (χ4v) is 4.11. The maximum atomic E-state index is 13.3. The molecule has 1 aliphatic rings. The average Bonchev–Trinajstić information content (AvgIpc) is 2.71. The first kappa shape index (κ1) is 20.8. The van der Waals surface area contributed by atoms with E-state index in [9.17, 15) is 9.18 Å². The molecule has 4 rings (SSSR count). The first-order valence-corrected chi connectivity index (χ1v) is 10.4. The summed E-state index contributed by atoms with van der Waals surface area (Å²) < 4.78 is 18.6. The molecule has 1 aromatic heterocycles. The van der Waals surface area contributed by atoms with E-state index >= 15 is 0 Å². The lowest BCUT2D eigenvalue weighted by Crippen LogP contribution is -2.49. The van der Waals surface area contributed by atoms with Crippen molar-refractivity contribution < 1.29 is 8.81 Å². The zero-order chi connectivity index (χ0) is 21.3. The molecule has 0 unspecified atom stereocenters. The largest absolute Gasteiger partial charge is 0.423 e. The van der Waals surface area contributed by atoms with E-state index in [0.717, 1.165) is 54.9 Å². The molecule has 2 heterocycles. The lowest BCUT2D eigenvalue weighted by Gasteiger charge is -2.36. The molecule has 2 aromatic carbocycles. The maximum Gasteiger partial charge on any atom is 0.336 e. The topological polar surface area (TPSA) is 48.7 Å². The lowest BCUT2D eigenvalue weighted by atomic mass is 10.1. The Bertz CT molecular complexity index is 1160. The molecule has 1 aliphatic heterocycles. The van der Waals surface area contributed by atoms with Crippen LogP contribution in [0.15, 0.2) is 51.7 Å². The van der Waals surface area contributed by atoms with Crippen LogP contribution in [0.3, 0.4) is 0 Å². The maximum absolute atomic E-state index is 13.3. The molecule has 30 heavy (non-hydrogen) atoms. The quantitative estimate of drug-likeness (QED) is 0.476. The van der Waals surface area contributed by atoms with Gasteiger partial charge >= 0.3 is 5.63 Å². The van der Waals surface area contributed by atoms with Gasteiger partial charge in [0.25, 0.3) is 0 Å². The first-order chi connectivity index (χ1) is 14.4. The Hall–Kier alpha value is -2.48. The van der Waals surface area contributed by atoms with Gasteiger partial charge in [-0.1, -0.05) is 17.7 Å². The number of hydrogen-bond donors (Lipinski definition) is 1. The van der Waals surface area contributed by atoms with Crippen molar-refractivity contribution in [3.05, 3.63) is 74.9 Å². The number of piperazine rings is 1. The summed E-state index contributed by atoms with van der Waals surface area (Å²) in [6, 6.07) is 12.0. The van der Waals surface area contributed by atoms with Gasteiger partial charge in [0.15, 0.2) is 5.11 Å². The molecule has 1 N–H and O–H groups in total. The molecule has 5 nitrogen and oxygen atoms in total. The molecule has 0 spiro atoms. The summed E-state index contributed by atoms with van der Waals surface area (Å²) in [6.45, 7) is 5.84. The summed E-state index contributed by atoms with van der Waals surface area (Å²) in [5, 5.41) is 4.93. The number of fused-ring (bicyclic) bond motifs is 1. The second-order valence-electron chi connectivity index (χ2n) is 7.40. The van der Waals surface area contributed by atoms with Crippen LogP contribution in [0.1, 0.15) is 11.1 Å². The Labute approximate surface area is 184 Å². The van der Waals surface area contributed by atoms with E-state index in [2.05, 4.69) is 15.1 Å². The third-order valence-electron chi connectivity index (χ3n) is 5.25. The Morgan fingerprint density at radius 3 is 2.67 bits per heavy atom. The van der Waals surface area contributed by atoms with Crippen LogP contribution in [0.4, 0.5) is 10.1 Å². The monoisotopic (exact) mass is 445 g/mol. The Morgan fingerprint density at radius 2 is 1.93 bits per heavy atom. The Balaban J connectivity index is 1.35. The molecular weight excluding hydrogens is 425 g/mol. The van der Waals surface area contributed by atoms with E-state index in [1.807, 2.05) is 19.1 Å². The van der Waals surface area contributed by atoms with Crippen molar-refractivity contribution in [1.29, 1.82) is 0 Å². The van der Waals surface area contributed by atoms with Gasteiger partial charge in [-0.2, -0.15) is 0 Å². The van der Waals surface area contributed by atoms with Gasteiger partial charge < -0.3 is 14.6 Å². The molecule has 0 aliphatic carbocycles. The minimum absolute atomic E-state index is 0.151. The fourth-order valence-electron chi connectivity index (χ4n) is 3.61. The molecule has 1 saturated heterocycles. The van der Waals surface area contributed by atoms with E-state index in [4.69, 9.17) is 28.2 Å². The third-order valence-corrected chi connectivity index (χ3v) is 5.90. The molecule has 0 atom stereocenters. The molecule has 156 valence electrons. The minimum Gasteiger partial charge on any atom is -0.423 e. The SMILES string of the molecule is Cc1cc(=O)oc2cc(NC(=S)N3CCN(Cc4ccc(F)c(Cl)c4)CC3)ccc12. The number of aryl methyl sites for hydroxylation is 1. The van der Waals surface area contributed by atoms with E-state index in [0.29, 0.717) is 10.7 Å². The summed E-state index contributed by atoms with van der Waals surface area (Å²) in [5.74, 6) is -0.398. The van der Waals surface area contributed by atoms with E-state index in [1.165, 1.54) is 12.1 Å². The highest BCUT2D eigenvalue weighted by Gasteiger charge is 2.19. The van der Waals surface area contributed by atoms with E-state index < -0.39 is 5.82 Å². The smallest absolute Gasteiger partial charge is 0.336 e. The summed E-state index contributed by atoms with van der Waals surface area (Å²) in [4.78, 5) is 16.0. The predicted octanol–water partition coefficient (Wildman–Crippen LogP) is 4.41. The van der Waals surface area contributed by atoms with Gasteiger partial charge in [0.2, 0.25) is 0 Å². The number of rotatable bonds is 3. The fraction of sp³-hybridized carbons (Fsp3) is 0.273. The molecule has 3 aromatic rings. The Morgan fingerprint density at radius 1 is 1.17 bits per heavy atom. The van der Waals surface area contributed by atoms with Crippen molar-refractivity contribution in [3.8, 4) is 0 Å². The van der Waals surface area contributed by atoms with Crippen molar-refractivity contribution in [2.24, 2.45) is 0 Å². The van der Waals surface area contributed by atoms with Crippen molar-refractivity contribution in [2.45, 2.75) is 13.5 Å². The average molecular weight is 446 g/mol. The van der Waals surface area contributed by atoms with Crippen LogP contribution in [0.5, 0.6) is 0 Å². The molecule has 1 fully saturated rings. The van der Waals surface area contributed by atoms with Crippen LogP contribution in [-0.2, 0) is 6.54 Å². The second-order valence-corrected chi connectivity index (χ2v) is 8.20. The molecule has 8 heteroatoms. The van der Waals surface area contributed by atoms with Gasteiger partial charge in [-0.3, -0.25) is 4.90 Å². The summed E-state index contributed by atoms with van der Waals surface area (Å²) in [5.41, 5.74) is 2.83. The molecule has 0 radical (unpaired) electrons. The summed E-state index contributed by atoms with van der Waals surface area (Å²) in [7, 11) is 0. The zero-order valence-corrected chi connectivity index (χ0v) is 18.0. The highest BCUT2D eigenvalue weighted by Crippen LogP contribution is 2.22. The number of nitrogens with one attached hydrogen (secondary N) is 1. The zero-order valence-electron chi connectivity index (χ0n) is 16.5. The van der Waals surface area contributed by atoms with Crippen molar-refractivity contribution >= 4 is 45.6 Å². The van der Waals surface area contributed by atoms with Gasteiger partial charge in [-0.25, -0.2) is 9.18 Å². The van der Waals surface area contributed by atoms with Crippen LogP contribution in [0, 0.1) is 12.7 Å². The first-order valence-electron chi connectivity index (χ1n) is 9.66. The number of benzene rings is 2. The molecule has 0 saturated carbocycles. The van der Waals surface area contributed by atoms with Crippen molar-refractivity contribution in [2.75, 3.05) is 31.5 Å². The Kier molecular flexibility index (Phi) is 6.04. The number of anilines is 1. The second kappa shape index (κ2) is 8.71. The van der Waals surface area contributed by atoms with Gasteiger partial charge in [-0.15, -0.1) is 0 Å². The number of halogens is 2. The van der Waals surface area contributed by atoms with Crippen molar-refractivity contribution in [3.63, 3.8) is 0 Å². The predicted molar refractivity (Wildman–Crippen MR) is 122 cm³/mol. The number of thiocarbonyl (C=S) groups is 1. The highest BCUT2D eigenvalue weighted by molar-refractivity contribution is 7.80. The highest BCUT2D eigenvalue weighted by atomic mass is 35.5.